The molecule has 25 heavy (non-hydrogen) atoms. The van der Waals surface area contributed by atoms with Gasteiger partial charge in [-0.2, -0.15) is 5.10 Å². The number of carbonyl (C=O) groups excluding carboxylic acids is 1. The van der Waals surface area contributed by atoms with Crippen molar-refractivity contribution in [1.29, 1.82) is 0 Å². The van der Waals surface area contributed by atoms with Crippen molar-refractivity contribution in [2.45, 2.75) is 26.5 Å². The molecule has 7 heteroatoms. The quantitative estimate of drug-likeness (QED) is 0.861. The molecule has 1 aromatic heterocycles. The minimum atomic E-state index is -0.185. The number of H-pyrrole nitrogens is 1. The second-order valence-corrected chi connectivity index (χ2v) is 6.27. The third-order valence-electron chi connectivity index (χ3n) is 4.36. The van der Waals surface area contributed by atoms with E-state index in [0.717, 1.165) is 17.9 Å². The number of aromatic amines is 1. The van der Waals surface area contributed by atoms with Crippen molar-refractivity contribution in [2.24, 2.45) is 0 Å². The fourth-order valence-electron chi connectivity index (χ4n) is 2.98. The number of ether oxygens (including phenoxy) is 1. The number of amides is 1. The molecule has 7 nitrogen and oxygen atoms in total. The SMILES string of the molecule is CCN(Cc1ccccc1)C(=O)CN1CCO[C@@H](c2n[nH]c(C)n2)C1. The normalized spacial score (nSPS) is 18.2. The monoisotopic (exact) mass is 343 g/mol. The summed E-state index contributed by atoms with van der Waals surface area (Å²) in [6.45, 7) is 7.56. The van der Waals surface area contributed by atoms with E-state index >= 15 is 0 Å². The number of morpholine rings is 1. The van der Waals surface area contributed by atoms with Gasteiger partial charge in [-0.15, -0.1) is 0 Å². The molecule has 0 unspecified atom stereocenters. The molecule has 1 saturated heterocycles. The first-order chi connectivity index (χ1) is 12.2. The maximum Gasteiger partial charge on any atom is 0.237 e. The van der Waals surface area contributed by atoms with Crippen LogP contribution in [0.1, 0.15) is 30.2 Å². The molecule has 134 valence electrons. The van der Waals surface area contributed by atoms with Crippen molar-refractivity contribution >= 4 is 5.91 Å². The molecule has 1 aromatic carbocycles. The first kappa shape index (κ1) is 17.6. The lowest BCUT2D eigenvalue weighted by atomic mass is 10.2. The highest BCUT2D eigenvalue weighted by Crippen LogP contribution is 2.19. The summed E-state index contributed by atoms with van der Waals surface area (Å²) >= 11 is 0. The van der Waals surface area contributed by atoms with Crippen LogP contribution < -0.4 is 0 Å². The summed E-state index contributed by atoms with van der Waals surface area (Å²) in [5.74, 6) is 1.57. The Hall–Kier alpha value is -2.25. The van der Waals surface area contributed by atoms with Gasteiger partial charge in [0.25, 0.3) is 0 Å². The predicted molar refractivity (Wildman–Crippen MR) is 93.8 cm³/mol. The molecular weight excluding hydrogens is 318 g/mol. The number of benzene rings is 1. The van der Waals surface area contributed by atoms with Gasteiger partial charge in [0.2, 0.25) is 5.91 Å². The summed E-state index contributed by atoms with van der Waals surface area (Å²) in [7, 11) is 0. The number of nitrogens with one attached hydrogen (secondary N) is 1. The van der Waals surface area contributed by atoms with Crippen molar-refractivity contribution < 1.29 is 9.53 Å². The lowest BCUT2D eigenvalue weighted by Gasteiger charge is -2.32. The van der Waals surface area contributed by atoms with Gasteiger partial charge in [0, 0.05) is 26.2 Å². The van der Waals surface area contributed by atoms with Crippen molar-refractivity contribution in [3.8, 4) is 0 Å². The van der Waals surface area contributed by atoms with Crippen LogP contribution in [0.25, 0.3) is 0 Å². The Morgan fingerprint density at radius 1 is 1.40 bits per heavy atom. The zero-order valence-corrected chi connectivity index (χ0v) is 14.8. The average molecular weight is 343 g/mol. The molecule has 0 bridgehead atoms. The van der Waals surface area contributed by atoms with E-state index in [-0.39, 0.29) is 12.0 Å². The molecule has 2 heterocycles. The second kappa shape index (κ2) is 8.22. The molecular formula is C18H25N5O2. The van der Waals surface area contributed by atoms with Crippen molar-refractivity contribution in [3.05, 3.63) is 47.5 Å². The third kappa shape index (κ3) is 4.64. The molecule has 3 rings (SSSR count). The van der Waals surface area contributed by atoms with E-state index in [9.17, 15) is 4.79 Å². The Bertz CT molecular complexity index is 688. The van der Waals surface area contributed by atoms with Crippen LogP contribution in [-0.4, -0.2) is 63.7 Å². The zero-order valence-electron chi connectivity index (χ0n) is 14.8. The fraction of sp³-hybridized carbons (Fsp3) is 0.500. The lowest BCUT2D eigenvalue weighted by molar-refractivity contribution is -0.135. The number of carbonyl (C=O) groups is 1. The number of hydrogen-bond acceptors (Lipinski definition) is 5. The summed E-state index contributed by atoms with van der Waals surface area (Å²) in [6, 6.07) is 10.1. The zero-order chi connectivity index (χ0) is 17.6. The maximum atomic E-state index is 12.7. The summed E-state index contributed by atoms with van der Waals surface area (Å²) in [4.78, 5) is 21.0. The molecule has 1 N–H and O–H groups in total. The van der Waals surface area contributed by atoms with Crippen LogP contribution >= 0.6 is 0 Å². The van der Waals surface area contributed by atoms with Crippen LogP contribution in [0.15, 0.2) is 30.3 Å². The van der Waals surface area contributed by atoms with Gasteiger partial charge >= 0.3 is 0 Å². The van der Waals surface area contributed by atoms with Gasteiger partial charge in [0.05, 0.1) is 13.2 Å². The molecule has 1 aliphatic heterocycles. The Morgan fingerprint density at radius 2 is 2.20 bits per heavy atom. The first-order valence-corrected chi connectivity index (χ1v) is 8.70. The van der Waals surface area contributed by atoms with E-state index in [0.29, 0.717) is 38.6 Å². The van der Waals surface area contributed by atoms with Crippen LogP contribution in [0, 0.1) is 6.92 Å². The van der Waals surface area contributed by atoms with Crippen molar-refractivity contribution in [2.75, 3.05) is 32.8 Å². The molecule has 2 aromatic rings. The van der Waals surface area contributed by atoms with Gasteiger partial charge in [-0.1, -0.05) is 30.3 Å². The van der Waals surface area contributed by atoms with Gasteiger partial charge in [-0.3, -0.25) is 14.8 Å². The number of nitrogens with zero attached hydrogens (tertiary/aromatic N) is 4. The predicted octanol–water partition coefficient (Wildman–Crippen LogP) is 1.54. The summed E-state index contributed by atoms with van der Waals surface area (Å²) < 4.78 is 5.76. The molecule has 0 radical (unpaired) electrons. The van der Waals surface area contributed by atoms with Crippen LogP contribution in [0.3, 0.4) is 0 Å². The summed E-state index contributed by atoms with van der Waals surface area (Å²) in [6.07, 6.45) is -0.185. The number of aromatic nitrogens is 3. The van der Waals surface area contributed by atoms with Crippen LogP contribution in [0.2, 0.25) is 0 Å². The van der Waals surface area contributed by atoms with Crippen molar-refractivity contribution in [3.63, 3.8) is 0 Å². The summed E-state index contributed by atoms with van der Waals surface area (Å²) in [5, 5.41) is 7.02. The molecule has 1 amide bonds. The minimum absolute atomic E-state index is 0.137. The second-order valence-electron chi connectivity index (χ2n) is 6.27. The summed E-state index contributed by atoms with van der Waals surface area (Å²) in [5.41, 5.74) is 1.15. The molecule has 0 spiro atoms. The van der Waals surface area contributed by atoms with E-state index in [4.69, 9.17) is 4.74 Å². The standard InChI is InChI=1S/C18H25N5O2/c1-3-23(11-15-7-5-4-6-8-15)17(24)13-22-9-10-25-16(12-22)18-19-14(2)20-21-18/h4-8,16H,3,9-13H2,1-2H3,(H,19,20,21)/t16-/m1/s1. The first-order valence-electron chi connectivity index (χ1n) is 8.70. The van der Waals surface area contributed by atoms with E-state index < -0.39 is 0 Å². The molecule has 1 fully saturated rings. The Balaban J connectivity index is 1.57. The highest BCUT2D eigenvalue weighted by Gasteiger charge is 2.27. The van der Waals surface area contributed by atoms with Crippen LogP contribution in [-0.2, 0) is 16.1 Å². The Morgan fingerprint density at radius 3 is 2.88 bits per heavy atom. The van der Waals surface area contributed by atoms with E-state index in [1.807, 2.05) is 49.1 Å². The van der Waals surface area contributed by atoms with Crippen LogP contribution in [0.5, 0.6) is 0 Å². The Kier molecular flexibility index (Phi) is 5.78. The maximum absolute atomic E-state index is 12.7. The van der Waals surface area contributed by atoms with E-state index in [2.05, 4.69) is 20.1 Å². The highest BCUT2D eigenvalue weighted by atomic mass is 16.5. The Labute approximate surface area is 148 Å². The molecule has 1 aliphatic rings. The number of aryl methyl sites for hydroxylation is 1. The van der Waals surface area contributed by atoms with Gasteiger partial charge in [0.1, 0.15) is 11.9 Å². The van der Waals surface area contributed by atoms with Crippen LogP contribution in [0.4, 0.5) is 0 Å². The van der Waals surface area contributed by atoms with Crippen molar-refractivity contribution in [1.82, 2.24) is 25.0 Å². The van der Waals surface area contributed by atoms with E-state index in [1.165, 1.54) is 0 Å². The average Bonchev–Trinajstić information content (AvgIpc) is 3.07. The van der Waals surface area contributed by atoms with Gasteiger partial charge in [-0.05, 0) is 19.4 Å². The highest BCUT2D eigenvalue weighted by molar-refractivity contribution is 5.78. The lowest BCUT2D eigenvalue weighted by Crippen LogP contribution is -2.45. The number of likely N-dealkylation sites (N-methyl/N-ethyl adjacent to an activating group) is 1. The topological polar surface area (TPSA) is 74.3 Å². The molecule has 1 atom stereocenters. The minimum Gasteiger partial charge on any atom is -0.367 e. The number of hydrogen-bond donors (Lipinski definition) is 1. The fourth-order valence-corrected chi connectivity index (χ4v) is 2.98. The molecule has 0 aliphatic carbocycles. The smallest absolute Gasteiger partial charge is 0.237 e. The van der Waals surface area contributed by atoms with Gasteiger partial charge < -0.3 is 9.64 Å². The van der Waals surface area contributed by atoms with E-state index in [1.54, 1.807) is 0 Å². The van der Waals surface area contributed by atoms with Gasteiger partial charge in [0.15, 0.2) is 5.82 Å². The molecule has 0 saturated carbocycles. The largest absolute Gasteiger partial charge is 0.367 e. The van der Waals surface area contributed by atoms with Gasteiger partial charge in [-0.25, -0.2) is 4.98 Å². The third-order valence-corrected chi connectivity index (χ3v) is 4.36. The number of rotatable bonds is 6.